The maximum absolute atomic E-state index is 13.0. The Morgan fingerprint density at radius 3 is 2.66 bits per heavy atom. The van der Waals surface area contributed by atoms with Crippen molar-refractivity contribution >= 4 is 5.91 Å². The van der Waals surface area contributed by atoms with E-state index in [1.165, 1.54) is 25.1 Å². The molecular weight excluding hydrogens is 404 g/mol. The van der Waals surface area contributed by atoms with E-state index in [1.807, 2.05) is 35.4 Å². The average Bonchev–Trinajstić information content (AvgIpc) is 3.52. The summed E-state index contributed by atoms with van der Waals surface area (Å²) < 4.78 is 13.9. The summed E-state index contributed by atoms with van der Waals surface area (Å²) in [6, 6.07) is 7.72. The van der Waals surface area contributed by atoms with Crippen molar-refractivity contribution in [2.75, 3.05) is 40.4 Å². The summed E-state index contributed by atoms with van der Waals surface area (Å²) >= 11 is 0. The number of fused-ring (bicyclic) bond motifs is 2. The summed E-state index contributed by atoms with van der Waals surface area (Å²) in [5.41, 5.74) is 2.71. The fourth-order valence-electron chi connectivity index (χ4n) is 5.16. The summed E-state index contributed by atoms with van der Waals surface area (Å²) in [6.07, 6.45) is 6.36. The van der Waals surface area contributed by atoms with Gasteiger partial charge in [0.25, 0.3) is 5.91 Å². The third-order valence-corrected chi connectivity index (χ3v) is 7.11. The number of carbonyl (C=O) groups is 1. The third-order valence-electron chi connectivity index (χ3n) is 7.11. The van der Waals surface area contributed by atoms with E-state index in [2.05, 4.69) is 16.5 Å². The lowest BCUT2D eigenvalue weighted by Crippen LogP contribution is -2.49. The Morgan fingerprint density at radius 1 is 1.22 bits per heavy atom. The van der Waals surface area contributed by atoms with Gasteiger partial charge in [0.1, 0.15) is 11.4 Å². The Morgan fingerprint density at radius 2 is 1.97 bits per heavy atom. The summed E-state index contributed by atoms with van der Waals surface area (Å²) in [5, 5.41) is 0. The minimum absolute atomic E-state index is 0.0883. The molecule has 0 atom stereocenters. The van der Waals surface area contributed by atoms with Crippen molar-refractivity contribution in [1.29, 1.82) is 0 Å². The normalized spacial score (nSPS) is 20.0. The van der Waals surface area contributed by atoms with Gasteiger partial charge in [-0.2, -0.15) is 0 Å². The molecule has 5 rings (SSSR count). The number of carbonyl (C=O) groups excluding carboxylic acids is 1. The highest BCUT2D eigenvalue weighted by atomic mass is 16.5. The SMILES string of the molecule is COCc1ccc(C(=O)N2CCC3(CC2)OCCn2c(CN(C)CC4CC4)cnc23)cc1. The number of amides is 1. The molecule has 2 aromatic rings. The first-order valence-electron chi connectivity index (χ1n) is 11.8. The second kappa shape index (κ2) is 8.96. The molecule has 0 unspecified atom stereocenters. The average molecular weight is 439 g/mol. The highest BCUT2D eigenvalue weighted by molar-refractivity contribution is 5.94. The molecule has 2 aliphatic heterocycles. The van der Waals surface area contributed by atoms with Crippen LogP contribution in [0.15, 0.2) is 30.5 Å². The zero-order valence-corrected chi connectivity index (χ0v) is 19.3. The fourth-order valence-corrected chi connectivity index (χ4v) is 5.16. The second-order valence-corrected chi connectivity index (χ2v) is 9.63. The molecule has 3 aliphatic rings. The molecule has 2 fully saturated rings. The van der Waals surface area contributed by atoms with E-state index >= 15 is 0 Å². The van der Waals surface area contributed by atoms with Gasteiger partial charge in [0.15, 0.2) is 0 Å². The van der Waals surface area contributed by atoms with E-state index in [4.69, 9.17) is 14.5 Å². The maximum Gasteiger partial charge on any atom is 0.253 e. The molecular formula is C25H34N4O3. The van der Waals surface area contributed by atoms with Crippen molar-refractivity contribution in [2.24, 2.45) is 5.92 Å². The highest BCUT2D eigenvalue weighted by Crippen LogP contribution is 2.39. The van der Waals surface area contributed by atoms with E-state index in [9.17, 15) is 4.79 Å². The Labute approximate surface area is 190 Å². The van der Waals surface area contributed by atoms with Gasteiger partial charge in [0.05, 0.1) is 18.9 Å². The lowest BCUT2D eigenvalue weighted by atomic mass is 9.88. The summed E-state index contributed by atoms with van der Waals surface area (Å²) in [5.74, 6) is 2.02. The number of likely N-dealkylation sites (tertiary alicyclic amines) is 1. The van der Waals surface area contributed by atoms with Crippen LogP contribution in [-0.4, -0.2) is 65.7 Å². The molecule has 0 radical (unpaired) electrons. The van der Waals surface area contributed by atoms with Crippen LogP contribution in [0.4, 0.5) is 0 Å². The van der Waals surface area contributed by atoms with Crippen LogP contribution in [0.3, 0.4) is 0 Å². The van der Waals surface area contributed by atoms with E-state index in [0.29, 0.717) is 26.3 Å². The number of rotatable bonds is 7. The van der Waals surface area contributed by atoms with Gasteiger partial charge in [0.2, 0.25) is 0 Å². The van der Waals surface area contributed by atoms with Crippen LogP contribution in [0.5, 0.6) is 0 Å². The van der Waals surface area contributed by atoms with E-state index in [0.717, 1.165) is 48.8 Å². The molecule has 1 saturated carbocycles. The number of nitrogens with zero attached hydrogens (tertiary/aromatic N) is 4. The minimum Gasteiger partial charge on any atom is -0.380 e. The topological polar surface area (TPSA) is 59.8 Å². The van der Waals surface area contributed by atoms with Crippen molar-refractivity contribution < 1.29 is 14.3 Å². The molecule has 1 aromatic carbocycles. The number of piperidine rings is 1. The Hall–Kier alpha value is -2.22. The van der Waals surface area contributed by atoms with Crippen LogP contribution in [0.2, 0.25) is 0 Å². The molecule has 1 spiro atoms. The first-order valence-corrected chi connectivity index (χ1v) is 11.8. The standard InChI is InChI=1S/C25H34N4O3/c1-27(16-19-3-4-19)17-22-15-26-24-25(32-14-13-29(22)24)9-11-28(12-10-25)23(30)21-7-5-20(6-8-21)18-31-2/h5-8,15,19H,3-4,9-14,16-18H2,1-2H3. The largest absolute Gasteiger partial charge is 0.380 e. The summed E-state index contributed by atoms with van der Waals surface area (Å²) in [6.45, 7) is 5.60. The first-order chi connectivity index (χ1) is 15.6. The van der Waals surface area contributed by atoms with E-state index in [-0.39, 0.29) is 11.5 Å². The first kappa shape index (κ1) is 21.6. The van der Waals surface area contributed by atoms with Crippen LogP contribution in [0, 0.1) is 5.92 Å². The predicted molar refractivity (Wildman–Crippen MR) is 121 cm³/mol. The molecule has 3 heterocycles. The highest BCUT2D eigenvalue weighted by Gasteiger charge is 2.44. The maximum atomic E-state index is 13.0. The van der Waals surface area contributed by atoms with Gasteiger partial charge in [-0.25, -0.2) is 4.98 Å². The smallest absolute Gasteiger partial charge is 0.253 e. The fraction of sp³-hybridized carbons (Fsp3) is 0.600. The van der Waals surface area contributed by atoms with Crippen molar-refractivity contribution in [3.63, 3.8) is 0 Å². The van der Waals surface area contributed by atoms with Gasteiger partial charge in [-0.15, -0.1) is 0 Å². The predicted octanol–water partition coefficient (Wildman–Crippen LogP) is 3.03. The van der Waals surface area contributed by atoms with Crippen LogP contribution < -0.4 is 0 Å². The number of ether oxygens (including phenoxy) is 2. The monoisotopic (exact) mass is 438 g/mol. The van der Waals surface area contributed by atoms with Gasteiger partial charge in [-0.05, 0) is 43.5 Å². The van der Waals surface area contributed by atoms with Crippen LogP contribution >= 0.6 is 0 Å². The second-order valence-electron chi connectivity index (χ2n) is 9.63. The van der Waals surface area contributed by atoms with Crippen molar-refractivity contribution in [2.45, 2.75) is 51.0 Å². The molecule has 7 nitrogen and oxygen atoms in total. The van der Waals surface area contributed by atoms with Crippen molar-refractivity contribution in [3.05, 3.63) is 53.1 Å². The van der Waals surface area contributed by atoms with Crippen molar-refractivity contribution in [3.8, 4) is 0 Å². The molecule has 1 amide bonds. The van der Waals surface area contributed by atoms with Crippen LogP contribution in [0.25, 0.3) is 0 Å². The zero-order chi connectivity index (χ0) is 22.1. The Kier molecular flexibility index (Phi) is 6.05. The minimum atomic E-state index is -0.370. The number of hydrogen-bond acceptors (Lipinski definition) is 5. The molecule has 1 aromatic heterocycles. The van der Waals surface area contributed by atoms with Gasteiger partial charge < -0.3 is 23.8 Å². The quantitative estimate of drug-likeness (QED) is 0.665. The van der Waals surface area contributed by atoms with Gasteiger partial charge in [-0.3, -0.25) is 4.79 Å². The number of hydrogen-bond donors (Lipinski definition) is 0. The van der Waals surface area contributed by atoms with Crippen LogP contribution in [0.1, 0.15) is 53.1 Å². The number of aromatic nitrogens is 2. The third kappa shape index (κ3) is 4.34. The number of imidazole rings is 1. The zero-order valence-electron chi connectivity index (χ0n) is 19.3. The molecule has 172 valence electrons. The van der Waals surface area contributed by atoms with Gasteiger partial charge in [0, 0.05) is 64.4 Å². The molecule has 32 heavy (non-hydrogen) atoms. The van der Waals surface area contributed by atoms with E-state index in [1.54, 1.807) is 7.11 Å². The molecule has 7 heteroatoms. The lowest BCUT2D eigenvalue weighted by molar-refractivity contribution is -0.112. The van der Waals surface area contributed by atoms with Crippen molar-refractivity contribution in [1.82, 2.24) is 19.4 Å². The van der Waals surface area contributed by atoms with Gasteiger partial charge in [-0.1, -0.05) is 12.1 Å². The molecule has 0 N–H and O–H groups in total. The number of methoxy groups -OCH3 is 1. The molecule has 1 saturated heterocycles. The van der Waals surface area contributed by atoms with Crippen LogP contribution in [-0.2, 0) is 34.8 Å². The summed E-state index contributed by atoms with van der Waals surface area (Å²) in [4.78, 5) is 22.2. The van der Waals surface area contributed by atoms with E-state index < -0.39 is 0 Å². The van der Waals surface area contributed by atoms with Gasteiger partial charge >= 0.3 is 0 Å². The molecule has 1 aliphatic carbocycles. The lowest BCUT2D eigenvalue weighted by Gasteiger charge is -2.43. The molecule has 0 bridgehead atoms. The Bertz CT molecular complexity index is 943. The number of benzene rings is 1. The Balaban J connectivity index is 1.25. The summed E-state index contributed by atoms with van der Waals surface area (Å²) in [7, 11) is 3.88.